The highest BCUT2D eigenvalue weighted by Gasteiger charge is 2.23. The molecule has 0 amide bonds. The first kappa shape index (κ1) is 9.72. The molecule has 1 fully saturated rings. The molecule has 3 heteroatoms. The number of ketones is 1. The van der Waals surface area contributed by atoms with E-state index in [1.807, 2.05) is 6.07 Å². The van der Waals surface area contributed by atoms with Crippen LogP contribution in [-0.4, -0.2) is 11.9 Å². The SMILES string of the molecule is N#Cc1ccc(OC2CCC(=O)C2)cc1. The van der Waals surface area contributed by atoms with E-state index in [4.69, 9.17) is 10.00 Å². The normalized spacial score (nSPS) is 19.9. The number of carbonyl (C=O) groups is 1. The molecule has 1 aliphatic rings. The number of Topliss-reactive ketones (excluding diaryl/α,β-unsaturated/α-hetero) is 1. The van der Waals surface area contributed by atoms with Gasteiger partial charge < -0.3 is 4.74 Å². The van der Waals surface area contributed by atoms with Gasteiger partial charge in [-0.3, -0.25) is 4.79 Å². The van der Waals surface area contributed by atoms with Gasteiger partial charge in [0, 0.05) is 12.8 Å². The molecule has 0 N–H and O–H groups in total. The van der Waals surface area contributed by atoms with Gasteiger partial charge in [-0.05, 0) is 30.7 Å². The standard InChI is InChI=1S/C12H11NO2/c13-8-9-1-4-11(5-2-9)15-12-6-3-10(14)7-12/h1-2,4-5,12H,3,6-7H2. The van der Waals surface area contributed by atoms with Crippen molar-refractivity contribution in [3.63, 3.8) is 0 Å². The number of hydrogen-bond acceptors (Lipinski definition) is 3. The van der Waals surface area contributed by atoms with Crippen LogP contribution in [0.5, 0.6) is 5.75 Å². The summed E-state index contributed by atoms with van der Waals surface area (Å²) in [6.45, 7) is 0. The zero-order valence-corrected chi connectivity index (χ0v) is 8.27. The van der Waals surface area contributed by atoms with E-state index < -0.39 is 0 Å². The monoisotopic (exact) mass is 201 g/mol. The molecule has 2 rings (SSSR count). The molecule has 3 nitrogen and oxygen atoms in total. The Morgan fingerprint density at radius 1 is 1.33 bits per heavy atom. The number of benzene rings is 1. The Morgan fingerprint density at radius 2 is 2.07 bits per heavy atom. The van der Waals surface area contributed by atoms with Gasteiger partial charge in [-0.15, -0.1) is 0 Å². The zero-order valence-electron chi connectivity index (χ0n) is 8.27. The largest absolute Gasteiger partial charge is 0.490 e. The molecular weight excluding hydrogens is 190 g/mol. The van der Waals surface area contributed by atoms with Gasteiger partial charge in [0.25, 0.3) is 0 Å². The first-order chi connectivity index (χ1) is 7.28. The summed E-state index contributed by atoms with van der Waals surface area (Å²) in [5.41, 5.74) is 0.616. The smallest absolute Gasteiger partial charge is 0.136 e. The highest BCUT2D eigenvalue weighted by atomic mass is 16.5. The number of nitrogens with zero attached hydrogens (tertiary/aromatic N) is 1. The Bertz CT molecular complexity index is 403. The quantitative estimate of drug-likeness (QED) is 0.735. The lowest BCUT2D eigenvalue weighted by Gasteiger charge is -2.11. The molecule has 0 spiro atoms. The van der Waals surface area contributed by atoms with Crippen LogP contribution < -0.4 is 4.74 Å². The third kappa shape index (κ3) is 2.35. The second-order valence-corrected chi connectivity index (χ2v) is 3.66. The average molecular weight is 201 g/mol. The van der Waals surface area contributed by atoms with Crippen molar-refractivity contribution < 1.29 is 9.53 Å². The molecule has 1 aromatic rings. The van der Waals surface area contributed by atoms with Crippen molar-refractivity contribution in [3.8, 4) is 11.8 Å². The van der Waals surface area contributed by atoms with Crippen LogP contribution in [0.3, 0.4) is 0 Å². The van der Waals surface area contributed by atoms with Crippen molar-refractivity contribution in [1.82, 2.24) is 0 Å². The maximum absolute atomic E-state index is 11.0. The fourth-order valence-corrected chi connectivity index (χ4v) is 1.68. The van der Waals surface area contributed by atoms with Crippen LogP contribution in [0.15, 0.2) is 24.3 Å². The predicted octanol–water partition coefficient (Wildman–Crippen LogP) is 2.06. The molecule has 76 valence electrons. The van der Waals surface area contributed by atoms with Crippen LogP contribution in [0.1, 0.15) is 24.8 Å². The van der Waals surface area contributed by atoms with Gasteiger partial charge in [-0.25, -0.2) is 0 Å². The van der Waals surface area contributed by atoms with E-state index in [9.17, 15) is 4.79 Å². The number of ether oxygens (including phenoxy) is 1. The third-order valence-corrected chi connectivity index (χ3v) is 2.49. The first-order valence-electron chi connectivity index (χ1n) is 4.96. The van der Waals surface area contributed by atoms with Gasteiger partial charge in [-0.1, -0.05) is 0 Å². The van der Waals surface area contributed by atoms with E-state index in [0.29, 0.717) is 18.4 Å². The molecule has 0 radical (unpaired) electrons. The summed E-state index contributed by atoms with van der Waals surface area (Å²) >= 11 is 0. The number of nitriles is 1. The lowest BCUT2D eigenvalue weighted by atomic mass is 10.2. The maximum atomic E-state index is 11.0. The number of hydrogen-bond donors (Lipinski definition) is 0. The lowest BCUT2D eigenvalue weighted by Crippen LogP contribution is -2.11. The van der Waals surface area contributed by atoms with E-state index >= 15 is 0 Å². The van der Waals surface area contributed by atoms with Crippen molar-refractivity contribution in [2.75, 3.05) is 0 Å². The van der Waals surface area contributed by atoms with E-state index in [0.717, 1.165) is 12.2 Å². The Balaban J connectivity index is 1.99. The summed E-state index contributed by atoms with van der Waals surface area (Å²) in [4.78, 5) is 11.0. The van der Waals surface area contributed by atoms with Crippen molar-refractivity contribution in [3.05, 3.63) is 29.8 Å². The Kier molecular flexibility index (Phi) is 2.68. The molecule has 1 unspecified atom stereocenters. The summed E-state index contributed by atoms with van der Waals surface area (Å²) < 4.78 is 5.61. The second kappa shape index (κ2) is 4.14. The summed E-state index contributed by atoms with van der Waals surface area (Å²) in [6.07, 6.45) is 1.96. The summed E-state index contributed by atoms with van der Waals surface area (Å²) in [6, 6.07) is 9.00. The van der Waals surface area contributed by atoms with E-state index in [2.05, 4.69) is 0 Å². The fourth-order valence-electron chi connectivity index (χ4n) is 1.68. The van der Waals surface area contributed by atoms with Crippen molar-refractivity contribution in [1.29, 1.82) is 5.26 Å². The van der Waals surface area contributed by atoms with Gasteiger partial charge in [0.2, 0.25) is 0 Å². The Hall–Kier alpha value is -1.82. The fraction of sp³-hybridized carbons (Fsp3) is 0.333. The number of rotatable bonds is 2. The average Bonchev–Trinajstić information content (AvgIpc) is 2.65. The molecule has 0 saturated heterocycles. The summed E-state index contributed by atoms with van der Waals surface area (Å²) in [5.74, 6) is 1.00. The molecule has 1 saturated carbocycles. The Morgan fingerprint density at radius 3 is 2.60 bits per heavy atom. The van der Waals surface area contributed by atoms with Gasteiger partial charge >= 0.3 is 0 Å². The topological polar surface area (TPSA) is 50.1 Å². The Labute approximate surface area is 88.3 Å². The lowest BCUT2D eigenvalue weighted by molar-refractivity contribution is -0.117. The highest BCUT2D eigenvalue weighted by molar-refractivity contribution is 5.81. The van der Waals surface area contributed by atoms with Crippen LogP contribution >= 0.6 is 0 Å². The molecule has 1 atom stereocenters. The van der Waals surface area contributed by atoms with Gasteiger partial charge in [0.05, 0.1) is 11.6 Å². The maximum Gasteiger partial charge on any atom is 0.136 e. The van der Waals surface area contributed by atoms with Crippen LogP contribution in [0.2, 0.25) is 0 Å². The van der Waals surface area contributed by atoms with E-state index in [-0.39, 0.29) is 11.9 Å². The summed E-state index contributed by atoms with van der Waals surface area (Å²) in [5, 5.41) is 8.61. The van der Waals surface area contributed by atoms with Crippen LogP contribution in [0.25, 0.3) is 0 Å². The molecule has 1 aliphatic carbocycles. The van der Waals surface area contributed by atoms with E-state index in [1.165, 1.54) is 0 Å². The van der Waals surface area contributed by atoms with Crippen LogP contribution in [0.4, 0.5) is 0 Å². The molecule has 0 aromatic heterocycles. The first-order valence-corrected chi connectivity index (χ1v) is 4.96. The van der Waals surface area contributed by atoms with Gasteiger partial charge in [0.15, 0.2) is 0 Å². The van der Waals surface area contributed by atoms with Crippen LogP contribution in [0, 0.1) is 11.3 Å². The summed E-state index contributed by atoms with van der Waals surface area (Å²) in [7, 11) is 0. The zero-order chi connectivity index (χ0) is 10.7. The van der Waals surface area contributed by atoms with Gasteiger partial charge in [0.1, 0.15) is 17.6 Å². The van der Waals surface area contributed by atoms with Gasteiger partial charge in [-0.2, -0.15) is 5.26 Å². The molecule has 15 heavy (non-hydrogen) atoms. The van der Waals surface area contributed by atoms with Crippen molar-refractivity contribution >= 4 is 5.78 Å². The predicted molar refractivity (Wildman–Crippen MR) is 54.4 cm³/mol. The van der Waals surface area contributed by atoms with Crippen LogP contribution in [-0.2, 0) is 4.79 Å². The third-order valence-electron chi connectivity index (χ3n) is 2.49. The molecule has 0 bridgehead atoms. The molecule has 1 aromatic carbocycles. The molecular formula is C12H11NO2. The highest BCUT2D eigenvalue weighted by Crippen LogP contribution is 2.22. The minimum Gasteiger partial charge on any atom is -0.490 e. The minimum atomic E-state index is 0.0189. The van der Waals surface area contributed by atoms with Crippen molar-refractivity contribution in [2.24, 2.45) is 0 Å². The molecule has 0 aliphatic heterocycles. The second-order valence-electron chi connectivity index (χ2n) is 3.66. The number of carbonyl (C=O) groups excluding carboxylic acids is 1. The molecule has 0 heterocycles. The minimum absolute atomic E-state index is 0.0189. The van der Waals surface area contributed by atoms with E-state index in [1.54, 1.807) is 24.3 Å². The van der Waals surface area contributed by atoms with Crippen molar-refractivity contribution in [2.45, 2.75) is 25.4 Å².